The van der Waals surface area contributed by atoms with Gasteiger partial charge in [-0.25, -0.2) is 0 Å². The van der Waals surface area contributed by atoms with Crippen molar-refractivity contribution < 1.29 is 24.2 Å². The van der Waals surface area contributed by atoms with Crippen LogP contribution in [0.25, 0.3) is 5.76 Å². The SMILES string of the molecule is CC(C)COc1ccc(/C(O)=C2/C(=O)C(=O)N(Cc3ccccn3)C2c2cccc(OCC(C)C)c2)cc1. The molecule has 0 aliphatic carbocycles. The molecule has 198 valence electrons. The van der Waals surface area contributed by atoms with Gasteiger partial charge in [-0.05, 0) is 65.9 Å². The van der Waals surface area contributed by atoms with Gasteiger partial charge in [0.05, 0.1) is 37.1 Å². The zero-order chi connectivity index (χ0) is 27.2. The first-order valence-corrected chi connectivity index (χ1v) is 12.9. The van der Waals surface area contributed by atoms with Crippen LogP contribution in [0.1, 0.15) is 50.6 Å². The number of aromatic nitrogens is 1. The van der Waals surface area contributed by atoms with Crippen molar-refractivity contribution in [3.05, 3.63) is 95.3 Å². The van der Waals surface area contributed by atoms with Gasteiger partial charge in [-0.2, -0.15) is 0 Å². The maximum atomic E-state index is 13.4. The number of likely N-dealkylation sites (tertiary alicyclic amines) is 1. The third-order valence-corrected chi connectivity index (χ3v) is 6.07. The van der Waals surface area contributed by atoms with E-state index in [1.807, 2.05) is 30.3 Å². The van der Waals surface area contributed by atoms with E-state index in [1.165, 1.54) is 4.90 Å². The average Bonchev–Trinajstić information content (AvgIpc) is 3.16. The van der Waals surface area contributed by atoms with E-state index >= 15 is 0 Å². The van der Waals surface area contributed by atoms with Crippen molar-refractivity contribution in [3.8, 4) is 11.5 Å². The van der Waals surface area contributed by atoms with Crippen LogP contribution >= 0.6 is 0 Å². The number of amides is 1. The maximum Gasteiger partial charge on any atom is 0.296 e. The normalized spacial score (nSPS) is 16.9. The lowest BCUT2D eigenvalue weighted by atomic mass is 9.95. The molecule has 38 heavy (non-hydrogen) atoms. The van der Waals surface area contributed by atoms with Gasteiger partial charge in [0.1, 0.15) is 17.3 Å². The highest BCUT2D eigenvalue weighted by molar-refractivity contribution is 6.46. The second kappa shape index (κ2) is 11.9. The zero-order valence-electron chi connectivity index (χ0n) is 22.3. The Morgan fingerprint density at radius 2 is 1.58 bits per heavy atom. The third kappa shape index (κ3) is 6.22. The molecular weight excluding hydrogens is 480 g/mol. The molecule has 0 bridgehead atoms. The average molecular weight is 515 g/mol. The summed E-state index contributed by atoms with van der Waals surface area (Å²) in [5.74, 6) is 0.341. The molecule has 0 spiro atoms. The predicted octanol–water partition coefficient (Wildman–Crippen LogP) is 5.77. The molecule has 1 aliphatic rings. The van der Waals surface area contributed by atoms with Gasteiger partial charge in [0.15, 0.2) is 0 Å². The summed E-state index contributed by atoms with van der Waals surface area (Å²) in [6.45, 7) is 9.46. The molecule has 7 heteroatoms. The van der Waals surface area contributed by atoms with Crippen LogP contribution in [-0.2, 0) is 16.1 Å². The van der Waals surface area contributed by atoms with Gasteiger partial charge in [0.2, 0.25) is 0 Å². The monoisotopic (exact) mass is 514 g/mol. The van der Waals surface area contributed by atoms with Gasteiger partial charge in [0.25, 0.3) is 11.7 Å². The molecule has 3 aromatic rings. The molecule has 2 heterocycles. The first-order valence-electron chi connectivity index (χ1n) is 12.9. The van der Waals surface area contributed by atoms with Crippen molar-refractivity contribution >= 4 is 17.4 Å². The fourth-order valence-corrected chi connectivity index (χ4v) is 4.22. The maximum absolute atomic E-state index is 13.4. The van der Waals surface area contributed by atoms with Crippen LogP contribution in [0.3, 0.4) is 0 Å². The molecule has 0 saturated carbocycles. The minimum absolute atomic E-state index is 0.0304. The lowest BCUT2D eigenvalue weighted by Gasteiger charge is -2.25. The Bertz CT molecular complexity index is 1300. The first-order chi connectivity index (χ1) is 18.2. The van der Waals surface area contributed by atoms with E-state index in [-0.39, 0.29) is 17.9 Å². The number of ketones is 1. The van der Waals surface area contributed by atoms with E-state index in [9.17, 15) is 14.7 Å². The Hall–Kier alpha value is -4.13. The molecule has 1 aromatic heterocycles. The van der Waals surface area contributed by atoms with E-state index in [4.69, 9.17) is 9.47 Å². The second-order valence-corrected chi connectivity index (χ2v) is 10.3. The standard InChI is InChI=1S/C31H34N2O5/c1-20(2)18-37-25-13-11-22(12-14-25)29(34)27-28(23-8-7-10-26(16-23)38-19-21(3)4)33(31(36)30(27)35)17-24-9-5-6-15-32-24/h5-16,20-21,28,34H,17-19H2,1-4H3/b29-27-. The summed E-state index contributed by atoms with van der Waals surface area (Å²) in [4.78, 5) is 32.5. The lowest BCUT2D eigenvalue weighted by Crippen LogP contribution is -2.29. The van der Waals surface area contributed by atoms with E-state index in [0.717, 1.165) is 0 Å². The van der Waals surface area contributed by atoms with Crippen molar-refractivity contribution in [2.75, 3.05) is 13.2 Å². The Morgan fingerprint density at radius 3 is 2.21 bits per heavy atom. The number of rotatable bonds is 10. The summed E-state index contributed by atoms with van der Waals surface area (Å²) in [5.41, 5.74) is 1.76. The number of nitrogens with zero attached hydrogens (tertiary/aromatic N) is 2. The lowest BCUT2D eigenvalue weighted by molar-refractivity contribution is -0.140. The minimum atomic E-state index is -0.809. The number of benzene rings is 2. The molecule has 1 fully saturated rings. The van der Waals surface area contributed by atoms with Gasteiger partial charge in [0, 0.05) is 11.8 Å². The summed E-state index contributed by atoms with van der Waals surface area (Å²) in [7, 11) is 0. The van der Waals surface area contributed by atoms with Crippen LogP contribution in [0.2, 0.25) is 0 Å². The molecule has 1 saturated heterocycles. The molecule has 1 atom stereocenters. The number of pyridine rings is 1. The van der Waals surface area contributed by atoms with Crippen molar-refractivity contribution in [1.29, 1.82) is 0 Å². The second-order valence-electron chi connectivity index (χ2n) is 10.3. The van der Waals surface area contributed by atoms with Gasteiger partial charge in [-0.1, -0.05) is 45.9 Å². The molecule has 7 nitrogen and oxygen atoms in total. The number of hydrogen-bond donors (Lipinski definition) is 1. The molecule has 0 radical (unpaired) electrons. The van der Waals surface area contributed by atoms with E-state index in [2.05, 4.69) is 32.7 Å². The van der Waals surface area contributed by atoms with Crippen LogP contribution in [-0.4, -0.2) is 39.9 Å². The van der Waals surface area contributed by atoms with Crippen LogP contribution in [0.15, 0.2) is 78.5 Å². The smallest absolute Gasteiger partial charge is 0.296 e. The quantitative estimate of drug-likeness (QED) is 0.210. The molecule has 2 aromatic carbocycles. The summed E-state index contributed by atoms with van der Waals surface area (Å²) in [5, 5.41) is 11.4. The highest BCUT2D eigenvalue weighted by Gasteiger charge is 2.46. The summed E-state index contributed by atoms with van der Waals surface area (Å²) in [6, 6.07) is 18.8. The number of ether oxygens (including phenoxy) is 2. The van der Waals surface area contributed by atoms with Crippen molar-refractivity contribution in [2.45, 2.75) is 40.3 Å². The van der Waals surface area contributed by atoms with Gasteiger partial charge < -0.3 is 19.5 Å². The number of carbonyl (C=O) groups excluding carboxylic acids is 2. The highest BCUT2D eigenvalue weighted by Crippen LogP contribution is 2.41. The van der Waals surface area contributed by atoms with E-state index in [0.29, 0.717) is 53.4 Å². The molecule has 1 aliphatic heterocycles. The summed E-state index contributed by atoms with van der Waals surface area (Å²) < 4.78 is 11.7. The summed E-state index contributed by atoms with van der Waals surface area (Å²) >= 11 is 0. The van der Waals surface area contributed by atoms with Crippen molar-refractivity contribution in [1.82, 2.24) is 9.88 Å². The van der Waals surface area contributed by atoms with Crippen LogP contribution in [0.5, 0.6) is 11.5 Å². The Morgan fingerprint density at radius 1 is 0.895 bits per heavy atom. The number of aliphatic hydroxyl groups excluding tert-OH is 1. The Balaban J connectivity index is 1.76. The van der Waals surface area contributed by atoms with E-state index in [1.54, 1.807) is 42.6 Å². The van der Waals surface area contributed by atoms with Crippen molar-refractivity contribution in [3.63, 3.8) is 0 Å². The molecule has 1 amide bonds. The van der Waals surface area contributed by atoms with Crippen LogP contribution < -0.4 is 9.47 Å². The number of hydrogen-bond acceptors (Lipinski definition) is 6. The van der Waals surface area contributed by atoms with Crippen molar-refractivity contribution in [2.24, 2.45) is 11.8 Å². The van der Waals surface area contributed by atoms with Gasteiger partial charge in [-0.15, -0.1) is 0 Å². The summed E-state index contributed by atoms with van der Waals surface area (Å²) in [6.07, 6.45) is 1.64. The third-order valence-electron chi connectivity index (χ3n) is 6.07. The Labute approximate surface area is 223 Å². The molecule has 1 N–H and O–H groups in total. The number of carbonyl (C=O) groups is 2. The van der Waals surface area contributed by atoms with Gasteiger partial charge >= 0.3 is 0 Å². The topological polar surface area (TPSA) is 89.0 Å². The fourth-order valence-electron chi connectivity index (χ4n) is 4.22. The van der Waals surface area contributed by atoms with Crippen LogP contribution in [0.4, 0.5) is 0 Å². The largest absolute Gasteiger partial charge is 0.507 e. The highest BCUT2D eigenvalue weighted by atomic mass is 16.5. The van der Waals surface area contributed by atoms with Gasteiger partial charge in [-0.3, -0.25) is 14.6 Å². The molecule has 4 rings (SSSR count). The number of aliphatic hydroxyl groups is 1. The molecule has 1 unspecified atom stereocenters. The Kier molecular flexibility index (Phi) is 8.46. The van der Waals surface area contributed by atoms with Crippen LogP contribution in [0, 0.1) is 11.8 Å². The zero-order valence-corrected chi connectivity index (χ0v) is 22.3. The fraction of sp³-hybridized carbons (Fsp3) is 0.323. The first kappa shape index (κ1) is 26.9. The minimum Gasteiger partial charge on any atom is -0.507 e. The number of Topliss-reactive ketones (excluding diaryl/α,β-unsaturated/α-hetero) is 1. The molecular formula is C31H34N2O5. The predicted molar refractivity (Wildman–Crippen MR) is 146 cm³/mol. The van der Waals surface area contributed by atoms with E-state index < -0.39 is 17.7 Å².